The smallest absolute Gasteiger partial charge is 0.416 e. The number of halogens is 3. The first-order valence-electron chi connectivity index (χ1n) is 6.74. The third-order valence-corrected chi connectivity index (χ3v) is 3.58. The Kier molecular flexibility index (Phi) is 5.39. The Balaban J connectivity index is 2.76. The van der Waals surface area contributed by atoms with E-state index in [2.05, 4.69) is 0 Å². The molecule has 0 saturated heterocycles. The van der Waals surface area contributed by atoms with Gasteiger partial charge < -0.3 is 10.8 Å². The summed E-state index contributed by atoms with van der Waals surface area (Å²) in [5, 5.41) is 9.03. The zero-order chi connectivity index (χ0) is 16.3. The minimum Gasteiger partial charge on any atom is -0.480 e. The number of carbonyl (C=O) groups is 1. The summed E-state index contributed by atoms with van der Waals surface area (Å²) in [4.78, 5) is 11.0. The molecule has 1 rings (SSSR count). The zero-order valence-electron chi connectivity index (χ0n) is 12.1. The average molecular weight is 303 g/mol. The summed E-state index contributed by atoms with van der Waals surface area (Å²) in [5.41, 5.74) is 4.46. The number of rotatable bonds is 6. The van der Waals surface area contributed by atoms with E-state index in [9.17, 15) is 18.0 Å². The van der Waals surface area contributed by atoms with Crippen LogP contribution in [0.1, 0.15) is 37.8 Å². The highest BCUT2D eigenvalue weighted by Crippen LogP contribution is 2.30. The van der Waals surface area contributed by atoms with Gasteiger partial charge in [-0.3, -0.25) is 4.79 Å². The summed E-state index contributed by atoms with van der Waals surface area (Å²) in [5.74, 6) is -1.07. The number of hydrogen-bond acceptors (Lipinski definition) is 2. The van der Waals surface area contributed by atoms with Crippen molar-refractivity contribution in [2.24, 2.45) is 11.7 Å². The summed E-state index contributed by atoms with van der Waals surface area (Å²) in [7, 11) is 0. The van der Waals surface area contributed by atoms with Gasteiger partial charge in [-0.05, 0) is 43.4 Å². The molecule has 0 bridgehead atoms. The highest BCUT2D eigenvalue weighted by molar-refractivity contribution is 5.77. The molecular formula is C15H20F3NO2. The molecular weight excluding hydrogens is 283 g/mol. The number of hydrogen-bond donors (Lipinski definition) is 2. The Bertz CT molecular complexity index is 481. The van der Waals surface area contributed by atoms with Crippen LogP contribution in [0.2, 0.25) is 0 Å². The van der Waals surface area contributed by atoms with Crippen LogP contribution in [0, 0.1) is 5.92 Å². The number of alkyl halides is 3. The fourth-order valence-electron chi connectivity index (χ4n) is 2.21. The van der Waals surface area contributed by atoms with Gasteiger partial charge in [0, 0.05) is 0 Å². The lowest BCUT2D eigenvalue weighted by atomic mass is 9.84. The van der Waals surface area contributed by atoms with Gasteiger partial charge in [0.15, 0.2) is 0 Å². The van der Waals surface area contributed by atoms with Crippen molar-refractivity contribution in [1.29, 1.82) is 0 Å². The summed E-state index contributed by atoms with van der Waals surface area (Å²) in [6, 6.07) is 4.95. The average Bonchev–Trinajstić information content (AvgIpc) is 2.37. The molecule has 118 valence electrons. The SMILES string of the molecule is CCC(Cc1ccc(C(F)(F)F)cc1)CC(C)(N)C(=O)O. The Morgan fingerprint density at radius 3 is 2.19 bits per heavy atom. The van der Waals surface area contributed by atoms with Crippen LogP contribution in [0.4, 0.5) is 13.2 Å². The Hall–Kier alpha value is -1.56. The molecule has 2 atom stereocenters. The van der Waals surface area contributed by atoms with Crippen molar-refractivity contribution in [3.63, 3.8) is 0 Å². The molecule has 0 saturated carbocycles. The van der Waals surface area contributed by atoms with Gasteiger partial charge in [-0.25, -0.2) is 0 Å². The molecule has 3 nitrogen and oxygen atoms in total. The van der Waals surface area contributed by atoms with Gasteiger partial charge in [0.25, 0.3) is 0 Å². The van der Waals surface area contributed by atoms with E-state index < -0.39 is 23.2 Å². The maximum absolute atomic E-state index is 12.5. The number of carboxylic acids is 1. The molecule has 0 aliphatic heterocycles. The van der Waals surface area contributed by atoms with Crippen molar-refractivity contribution in [1.82, 2.24) is 0 Å². The second-order valence-electron chi connectivity index (χ2n) is 5.60. The van der Waals surface area contributed by atoms with E-state index in [1.165, 1.54) is 19.1 Å². The van der Waals surface area contributed by atoms with Crippen molar-refractivity contribution in [3.05, 3.63) is 35.4 Å². The lowest BCUT2D eigenvalue weighted by molar-refractivity contribution is -0.143. The van der Waals surface area contributed by atoms with E-state index in [0.717, 1.165) is 17.7 Å². The molecule has 1 aromatic carbocycles. The third-order valence-electron chi connectivity index (χ3n) is 3.58. The maximum atomic E-state index is 12.5. The monoisotopic (exact) mass is 303 g/mol. The van der Waals surface area contributed by atoms with Gasteiger partial charge >= 0.3 is 12.1 Å². The molecule has 0 fully saturated rings. The Labute approximate surface area is 122 Å². The molecule has 21 heavy (non-hydrogen) atoms. The predicted molar refractivity (Wildman–Crippen MR) is 73.8 cm³/mol. The predicted octanol–water partition coefficient (Wildman–Crippen LogP) is 3.47. The zero-order valence-corrected chi connectivity index (χ0v) is 12.1. The van der Waals surface area contributed by atoms with Crippen molar-refractivity contribution in [2.75, 3.05) is 0 Å². The van der Waals surface area contributed by atoms with E-state index in [-0.39, 0.29) is 12.3 Å². The molecule has 0 radical (unpaired) electrons. The van der Waals surface area contributed by atoms with Crippen molar-refractivity contribution in [3.8, 4) is 0 Å². The first-order chi connectivity index (χ1) is 9.56. The standard InChI is InChI=1S/C15H20F3NO2/c1-3-10(9-14(2,19)13(20)21)8-11-4-6-12(7-5-11)15(16,17)18/h4-7,10H,3,8-9,19H2,1-2H3,(H,20,21). The normalized spacial score (nSPS) is 16.3. The van der Waals surface area contributed by atoms with Crippen LogP contribution >= 0.6 is 0 Å². The molecule has 6 heteroatoms. The first-order valence-corrected chi connectivity index (χ1v) is 6.74. The molecule has 0 amide bonds. The summed E-state index contributed by atoms with van der Waals surface area (Å²) in [6.45, 7) is 3.36. The lowest BCUT2D eigenvalue weighted by Gasteiger charge is -2.25. The Morgan fingerprint density at radius 2 is 1.81 bits per heavy atom. The van der Waals surface area contributed by atoms with E-state index >= 15 is 0 Å². The summed E-state index contributed by atoms with van der Waals surface area (Å²) >= 11 is 0. The van der Waals surface area contributed by atoms with Gasteiger partial charge in [0.05, 0.1) is 5.56 Å². The van der Waals surface area contributed by atoms with Crippen LogP contribution < -0.4 is 5.73 Å². The summed E-state index contributed by atoms with van der Waals surface area (Å²) in [6.07, 6.45) is -2.85. The molecule has 3 N–H and O–H groups in total. The highest BCUT2D eigenvalue weighted by Gasteiger charge is 2.32. The van der Waals surface area contributed by atoms with Crippen LogP contribution in [0.15, 0.2) is 24.3 Å². The topological polar surface area (TPSA) is 63.3 Å². The van der Waals surface area contributed by atoms with Gasteiger partial charge in [0.1, 0.15) is 5.54 Å². The number of aliphatic carboxylic acids is 1. The second kappa shape index (κ2) is 6.47. The molecule has 0 spiro atoms. The minimum absolute atomic E-state index is 0.00726. The molecule has 0 aliphatic carbocycles. The van der Waals surface area contributed by atoms with E-state index in [0.29, 0.717) is 12.8 Å². The molecule has 1 aromatic rings. The van der Waals surface area contributed by atoms with E-state index in [4.69, 9.17) is 10.8 Å². The molecule has 0 aromatic heterocycles. The number of benzene rings is 1. The van der Waals surface area contributed by atoms with Crippen molar-refractivity contribution < 1.29 is 23.1 Å². The maximum Gasteiger partial charge on any atom is 0.416 e. The van der Waals surface area contributed by atoms with Crippen LogP contribution in [0.5, 0.6) is 0 Å². The van der Waals surface area contributed by atoms with Gasteiger partial charge in [0.2, 0.25) is 0 Å². The van der Waals surface area contributed by atoms with E-state index in [1.54, 1.807) is 0 Å². The largest absolute Gasteiger partial charge is 0.480 e. The van der Waals surface area contributed by atoms with Gasteiger partial charge in [-0.1, -0.05) is 25.5 Å². The minimum atomic E-state index is -4.35. The molecule has 0 aliphatic rings. The first kappa shape index (κ1) is 17.5. The van der Waals surface area contributed by atoms with Crippen LogP contribution in [0.3, 0.4) is 0 Å². The highest BCUT2D eigenvalue weighted by atomic mass is 19.4. The third kappa shape index (κ3) is 5.04. The van der Waals surface area contributed by atoms with Crippen LogP contribution in [0.25, 0.3) is 0 Å². The fourth-order valence-corrected chi connectivity index (χ4v) is 2.21. The van der Waals surface area contributed by atoms with Crippen molar-refractivity contribution >= 4 is 5.97 Å². The number of carboxylic acid groups (broad SMARTS) is 1. The van der Waals surface area contributed by atoms with Gasteiger partial charge in [-0.15, -0.1) is 0 Å². The summed E-state index contributed by atoms with van der Waals surface area (Å²) < 4.78 is 37.4. The number of nitrogens with two attached hydrogens (primary N) is 1. The quantitative estimate of drug-likeness (QED) is 0.846. The Morgan fingerprint density at radius 1 is 1.29 bits per heavy atom. The van der Waals surface area contributed by atoms with Gasteiger partial charge in [-0.2, -0.15) is 13.2 Å². The molecule has 0 heterocycles. The fraction of sp³-hybridized carbons (Fsp3) is 0.533. The second-order valence-corrected chi connectivity index (χ2v) is 5.60. The van der Waals surface area contributed by atoms with Crippen LogP contribution in [-0.2, 0) is 17.4 Å². The van der Waals surface area contributed by atoms with E-state index in [1.807, 2.05) is 6.92 Å². The molecule has 2 unspecified atom stereocenters. The lowest BCUT2D eigenvalue weighted by Crippen LogP contribution is -2.46. The van der Waals surface area contributed by atoms with Crippen molar-refractivity contribution in [2.45, 2.75) is 44.8 Å². The van der Waals surface area contributed by atoms with Crippen LogP contribution in [-0.4, -0.2) is 16.6 Å².